The van der Waals surface area contributed by atoms with Gasteiger partial charge in [-0.2, -0.15) is 13.7 Å². The van der Waals surface area contributed by atoms with E-state index in [9.17, 15) is 18.0 Å². The smallest absolute Gasteiger partial charge is 0.326 e. The zero-order valence-electron chi connectivity index (χ0n) is 18.5. The first-order chi connectivity index (χ1) is 15.7. The quantitative estimate of drug-likeness (QED) is 0.304. The van der Waals surface area contributed by atoms with E-state index in [0.717, 1.165) is 16.7 Å². The van der Waals surface area contributed by atoms with Crippen LogP contribution in [-0.4, -0.2) is 53.2 Å². The second-order valence-electron chi connectivity index (χ2n) is 6.88. The lowest BCUT2D eigenvalue weighted by Gasteiger charge is -2.25. The predicted octanol–water partition coefficient (Wildman–Crippen LogP) is 3.40. The van der Waals surface area contributed by atoms with Gasteiger partial charge < -0.3 is 10.1 Å². The van der Waals surface area contributed by atoms with Gasteiger partial charge in [-0.15, -0.1) is 11.8 Å². The third-order valence-corrected chi connectivity index (χ3v) is 5.86. The molecule has 0 heterocycles. The van der Waals surface area contributed by atoms with Crippen molar-refractivity contribution in [1.82, 2.24) is 0 Å². The highest BCUT2D eigenvalue weighted by Gasteiger charge is 2.20. The van der Waals surface area contributed by atoms with E-state index in [1.807, 2.05) is 18.4 Å². The van der Waals surface area contributed by atoms with Crippen LogP contribution in [0.1, 0.15) is 17.5 Å². The Morgan fingerprint density at radius 2 is 1.88 bits per heavy atom. The van der Waals surface area contributed by atoms with Gasteiger partial charge in [0.15, 0.2) is 0 Å². The number of aryl methyl sites for hydroxylation is 1. The Bertz CT molecular complexity index is 1130. The summed E-state index contributed by atoms with van der Waals surface area (Å²) >= 11 is 1.41. The summed E-state index contributed by atoms with van der Waals surface area (Å²) in [6.07, 6.45) is 3.51. The van der Waals surface area contributed by atoms with Crippen molar-refractivity contribution in [3.8, 4) is 6.07 Å². The van der Waals surface area contributed by atoms with Gasteiger partial charge in [-0.25, -0.2) is 4.79 Å². The molecule has 0 atom stereocenters. The van der Waals surface area contributed by atoms with Gasteiger partial charge >= 0.3 is 12.0 Å². The lowest BCUT2D eigenvalue weighted by atomic mass is 10.1. The van der Waals surface area contributed by atoms with Gasteiger partial charge in [0.05, 0.1) is 43.8 Å². The summed E-state index contributed by atoms with van der Waals surface area (Å²) in [5.41, 5.74) is 2.40. The SMILES string of the molecule is COC(=O)CCc1ccc(N(CCOS(C)(=O)=O)C(=O)Nc2ccc(C#N)cc2)c(SC)c1. The van der Waals surface area contributed by atoms with E-state index in [-0.39, 0.29) is 25.5 Å². The lowest BCUT2D eigenvalue weighted by Crippen LogP contribution is -2.38. The molecule has 2 amide bonds. The predicted molar refractivity (Wildman–Crippen MR) is 127 cm³/mol. The number of rotatable bonds is 10. The van der Waals surface area contributed by atoms with Crippen LogP contribution in [0.5, 0.6) is 0 Å². The molecule has 11 heteroatoms. The number of benzene rings is 2. The fraction of sp³-hybridized carbons (Fsp3) is 0.318. The number of hydrogen-bond acceptors (Lipinski definition) is 8. The fourth-order valence-corrected chi connectivity index (χ4v) is 3.91. The number of hydrogen-bond donors (Lipinski definition) is 1. The molecule has 1 N–H and O–H groups in total. The van der Waals surface area contributed by atoms with Gasteiger partial charge in [-0.05, 0) is 54.6 Å². The summed E-state index contributed by atoms with van der Waals surface area (Å²) in [6.45, 7) is -0.248. The van der Waals surface area contributed by atoms with Gasteiger partial charge in [0, 0.05) is 17.0 Å². The maximum Gasteiger partial charge on any atom is 0.326 e. The van der Waals surface area contributed by atoms with Gasteiger partial charge in [0.1, 0.15) is 0 Å². The second-order valence-corrected chi connectivity index (χ2v) is 9.37. The molecule has 2 rings (SSSR count). The van der Waals surface area contributed by atoms with Crippen LogP contribution in [0.4, 0.5) is 16.2 Å². The molecule has 0 bridgehead atoms. The molecule has 9 nitrogen and oxygen atoms in total. The molecule has 0 unspecified atom stereocenters. The van der Waals surface area contributed by atoms with Gasteiger partial charge in [0.2, 0.25) is 0 Å². The normalized spacial score (nSPS) is 10.8. The third kappa shape index (κ3) is 8.42. The van der Waals surface area contributed by atoms with Crippen molar-refractivity contribution >= 4 is 45.3 Å². The summed E-state index contributed by atoms with van der Waals surface area (Å²) in [6, 6.07) is 13.3. The number of methoxy groups -OCH3 is 1. The summed E-state index contributed by atoms with van der Waals surface area (Å²) < 4.78 is 32.3. The summed E-state index contributed by atoms with van der Waals surface area (Å²) in [5, 5.41) is 11.7. The van der Waals surface area contributed by atoms with Crippen LogP contribution in [0.25, 0.3) is 0 Å². The van der Waals surface area contributed by atoms with E-state index in [4.69, 9.17) is 9.44 Å². The number of ether oxygens (including phenoxy) is 1. The summed E-state index contributed by atoms with van der Waals surface area (Å²) in [5.74, 6) is -0.314. The monoisotopic (exact) mass is 491 g/mol. The zero-order valence-corrected chi connectivity index (χ0v) is 20.2. The Kier molecular flexibility index (Phi) is 9.72. The molecule has 33 heavy (non-hydrogen) atoms. The minimum Gasteiger partial charge on any atom is -0.469 e. The van der Waals surface area contributed by atoms with Crippen LogP contribution >= 0.6 is 11.8 Å². The average Bonchev–Trinajstić information content (AvgIpc) is 2.80. The molecule has 0 aliphatic heterocycles. The zero-order chi connectivity index (χ0) is 24.4. The second kappa shape index (κ2) is 12.2. The van der Waals surface area contributed by atoms with E-state index >= 15 is 0 Å². The molecule has 0 radical (unpaired) electrons. The number of carbonyl (C=O) groups excluding carboxylic acids is 2. The molecule has 0 saturated carbocycles. The first-order valence-electron chi connectivity index (χ1n) is 9.83. The molecule has 0 aliphatic carbocycles. The van der Waals surface area contributed by atoms with Crippen LogP contribution in [0, 0.1) is 11.3 Å². The van der Waals surface area contributed by atoms with E-state index in [2.05, 4.69) is 10.1 Å². The molecular weight excluding hydrogens is 466 g/mol. The molecule has 0 aliphatic rings. The third-order valence-electron chi connectivity index (χ3n) is 4.50. The minimum absolute atomic E-state index is 0.0236. The Hall–Kier alpha value is -3.07. The molecule has 0 aromatic heterocycles. The van der Waals surface area contributed by atoms with E-state index in [1.165, 1.54) is 23.8 Å². The Morgan fingerprint density at radius 1 is 1.18 bits per heavy atom. The first kappa shape index (κ1) is 26.2. The van der Waals surface area contributed by atoms with Crippen LogP contribution in [-0.2, 0) is 30.3 Å². The lowest BCUT2D eigenvalue weighted by molar-refractivity contribution is -0.140. The molecule has 0 saturated heterocycles. The molecule has 2 aromatic carbocycles. The highest BCUT2D eigenvalue weighted by molar-refractivity contribution is 7.98. The number of nitriles is 1. The van der Waals surface area contributed by atoms with Crippen molar-refractivity contribution in [3.05, 3.63) is 53.6 Å². The van der Waals surface area contributed by atoms with Crippen molar-refractivity contribution in [2.24, 2.45) is 0 Å². The maximum absolute atomic E-state index is 13.1. The topological polar surface area (TPSA) is 126 Å². The minimum atomic E-state index is -3.67. The number of urea groups is 1. The van der Waals surface area contributed by atoms with Crippen LogP contribution in [0.15, 0.2) is 47.4 Å². The Labute approximate surface area is 197 Å². The molecule has 0 spiro atoms. The van der Waals surface area contributed by atoms with E-state index < -0.39 is 16.1 Å². The number of esters is 1. The molecule has 176 valence electrons. The maximum atomic E-state index is 13.1. The fourth-order valence-electron chi connectivity index (χ4n) is 2.88. The highest BCUT2D eigenvalue weighted by atomic mass is 32.2. The number of anilines is 2. The van der Waals surface area contributed by atoms with Gasteiger partial charge in [-0.1, -0.05) is 6.07 Å². The Balaban J connectivity index is 2.29. The first-order valence-corrected chi connectivity index (χ1v) is 12.9. The van der Waals surface area contributed by atoms with Crippen LogP contribution in [0.2, 0.25) is 0 Å². The summed E-state index contributed by atoms with van der Waals surface area (Å²) in [4.78, 5) is 26.7. The molecule has 0 fully saturated rings. The number of nitrogens with zero attached hydrogens (tertiary/aromatic N) is 2. The van der Waals surface area contributed by atoms with Crippen molar-refractivity contribution in [3.63, 3.8) is 0 Å². The number of thioether (sulfide) groups is 1. The van der Waals surface area contributed by atoms with Gasteiger partial charge in [-0.3, -0.25) is 13.9 Å². The molecule has 2 aromatic rings. The number of carbonyl (C=O) groups is 2. The van der Waals surface area contributed by atoms with E-state index in [1.54, 1.807) is 36.4 Å². The van der Waals surface area contributed by atoms with Crippen molar-refractivity contribution in [1.29, 1.82) is 5.26 Å². The largest absolute Gasteiger partial charge is 0.469 e. The molecular formula is C22H25N3O6S2. The van der Waals surface area contributed by atoms with Crippen molar-refractivity contribution < 1.29 is 26.9 Å². The van der Waals surface area contributed by atoms with Crippen molar-refractivity contribution in [2.75, 3.05) is 43.0 Å². The van der Waals surface area contributed by atoms with Crippen molar-refractivity contribution in [2.45, 2.75) is 17.7 Å². The van der Waals surface area contributed by atoms with Crippen LogP contribution < -0.4 is 10.2 Å². The highest BCUT2D eigenvalue weighted by Crippen LogP contribution is 2.31. The summed E-state index contributed by atoms with van der Waals surface area (Å²) in [7, 11) is -2.34. The Morgan fingerprint density at radius 3 is 2.45 bits per heavy atom. The van der Waals surface area contributed by atoms with Crippen LogP contribution in [0.3, 0.4) is 0 Å². The standard InChI is InChI=1S/C22H25N3O6S2/c1-30-21(26)11-7-16-6-10-19(20(14-16)32-2)25(12-13-31-33(3,28)29)22(27)24-18-8-4-17(15-23)5-9-18/h4-6,8-10,14H,7,11-13H2,1-3H3,(H,24,27). The van der Waals surface area contributed by atoms with Gasteiger partial charge in [0.25, 0.3) is 10.1 Å². The van der Waals surface area contributed by atoms with E-state index in [0.29, 0.717) is 23.4 Å². The number of amides is 2. The average molecular weight is 492 g/mol. The number of nitrogens with one attached hydrogen (secondary N) is 1.